The largest absolute Gasteiger partial charge is 0.497 e. The molecular weight excluding hydrogens is 798 g/mol. The van der Waals surface area contributed by atoms with Crippen LogP contribution in [-0.4, -0.2) is 76.9 Å². The van der Waals surface area contributed by atoms with Crippen molar-refractivity contribution in [3.05, 3.63) is 112 Å². The number of ether oxygens (including phenoxy) is 3. The van der Waals surface area contributed by atoms with Gasteiger partial charge in [0, 0.05) is 5.92 Å². The van der Waals surface area contributed by atoms with Gasteiger partial charge in [0.25, 0.3) is 5.56 Å². The molecule has 58 heavy (non-hydrogen) atoms. The zero-order valence-electron chi connectivity index (χ0n) is 34.1. The molecule has 3 N–H and O–H groups in total. The highest BCUT2D eigenvalue weighted by Crippen LogP contribution is 2.52. The van der Waals surface area contributed by atoms with Gasteiger partial charge in [0.2, 0.25) is 11.9 Å². The number of amides is 1. The van der Waals surface area contributed by atoms with E-state index in [0.717, 1.165) is 16.7 Å². The molecule has 5 aromatic rings. The molecule has 0 saturated carbocycles. The minimum atomic E-state index is -3.53. The van der Waals surface area contributed by atoms with Crippen LogP contribution in [0, 0.1) is 5.92 Å². The Kier molecular flexibility index (Phi) is 13.1. The van der Waals surface area contributed by atoms with Crippen molar-refractivity contribution in [2.45, 2.75) is 81.2 Å². The summed E-state index contributed by atoms with van der Waals surface area (Å²) in [6.45, 7) is 14.1. The second-order valence-corrected chi connectivity index (χ2v) is 22.8. The van der Waals surface area contributed by atoms with Crippen LogP contribution in [0.4, 0.5) is 5.95 Å². The van der Waals surface area contributed by atoms with E-state index in [4.69, 9.17) is 23.2 Å². The molecule has 0 bridgehead atoms. The summed E-state index contributed by atoms with van der Waals surface area (Å²) in [4.78, 5) is 47.9. The van der Waals surface area contributed by atoms with Gasteiger partial charge in [-0.05, 0) is 59.1 Å². The molecule has 1 aliphatic rings. The molecule has 6 rings (SSSR count). The van der Waals surface area contributed by atoms with Crippen molar-refractivity contribution in [2.75, 3.05) is 26.1 Å². The summed E-state index contributed by atoms with van der Waals surface area (Å²) in [6.07, 6.45) is -0.319. The average molecular weight is 850 g/mol. The summed E-state index contributed by atoms with van der Waals surface area (Å²) < 4.78 is 45.9. The highest BCUT2D eigenvalue weighted by molar-refractivity contribution is 8.00. The molecule has 1 unspecified atom stereocenters. The first kappa shape index (κ1) is 43.3. The Balaban J connectivity index is 1.51. The maximum atomic E-state index is 13.3. The van der Waals surface area contributed by atoms with Gasteiger partial charge in [-0.25, -0.2) is 4.98 Å². The number of anilines is 1. The SMILES string of the molecule is COc1ccc(C(OC[C@H]2S[C@@H](n3cnc4c(=O)[nH]c(NC(=O)C(C)C)nc43)[C@H](O[PH](=O)O)[C@@H]2O[Si](C)(C)C(C)(C)C)(c2ccccc2)c2ccc(OC)cc2)cc1. The Morgan fingerprint density at radius 3 is 2.03 bits per heavy atom. The lowest BCUT2D eigenvalue weighted by Gasteiger charge is -2.42. The number of nitrogens with one attached hydrogen (secondary N) is 2. The molecule has 1 aliphatic heterocycles. The molecule has 0 aliphatic carbocycles. The first-order valence-corrected chi connectivity index (χ1v) is 24.1. The summed E-state index contributed by atoms with van der Waals surface area (Å²) in [6, 6.07) is 25.4. The van der Waals surface area contributed by atoms with E-state index in [1.165, 1.54) is 18.1 Å². The molecule has 17 heteroatoms. The summed E-state index contributed by atoms with van der Waals surface area (Å²) in [7, 11) is -2.90. The third kappa shape index (κ3) is 8.83. The first-order chi connectivity index (χ1) is 27.5. The Labute approximate surface area is 344 Å². The minimum absolute atomic E-state index is 0.0298. The maximum Gasteiger partial charge on any atom is 0.317 e. The van der Waals surface area contributed by atoms with Crippen molar-refractivity contribution in [1.82, 2.24) is 19.5 Å². The third-order valence-electron chi connectivity index (χ3n) is 10.9. The van der Waals surface area contributed by atoms with E-state index in [9.17, 15) is 19.0 Å². The van der Waals surface area contributed by atoms with E-state index in [1.54, 1.807) is 32.6 Å². The van der Waals surface area contributed by atoms with Crippen LogP contribution in [0.5, 0.6) is 11.5 Å². The Bertz CT molecular complexity index is 2230. The van der Waals surface area contributed by atoms with E-state index in [1.807, 2.05) is 78.9 Å². The molecule has 0 spiro atoms. The van der Waals surface area contributed by atoms with Crippen LogP contribution in [0.2, 0.25) is 18.1 Å². The summed E-state index contributed by atoms with van der Waals surface area (Å²) in [5, 5.41) is 1.17. The number of nitrogens with zero attached hydrogens (tertiary/aromatic N) is 3. The maximum absolute atomic E-state index is 13.3. The van der Waals surface area contributed by atoms with Crippen molar-refractivity contribution in [3.63, 3.8) is 0 Å². The fraction of sp³-hybridized carbons (Fsp3) is 0.415. The molecular formula is C41H52N5O9PSSi. The predicted molar refractivity (Wildman–Crippen MR) is 228 cm³/mol. The fourth-order valence-corrected chi connectivity index (χ4v) is 10.2. The van der Waals surface area contributed by atoms with E-state index in [0.29, 0.717) is 11.5 Å². The van der Waals surface area contributed by atoms with Crippen LogP contribution in [0.1, 0.15) is 56.7 Å². The minimum Gasteiger partial charge on any atom is -0.497 e. The number of methoxy groups -OCH3 is 2. The standard InChI is InChI=1S/C41H52N5O9PSSi/c1-25(2)36(47)44-39-43-35-32(37(48)45-39)42-24-46(35)38-34(54-56(49)50)33(55-58(8,9)40(3,4)5)31(57-38)23-53-41(26-13-11-10-12-14-26,27-15-19-29(51-6)20-16-27)28-17-21-30(52-7)22-18-28/h10-22,24-25,31,33-34,38,56H,23H2,1-9H3,(H,49,50)(H2,43,44,45,47,48)/t31-,33-,34-,38-/m1/s1. The molecule has 2 aromatic heterocycles. The van der Waals surface area contributed by atoms with Gasteiger partial charge in [0.15, 0.2) is 19.5 Å². The molecule has 1 amide bonds. The van der Waals surface area contributed by atoms with Crippen molar-refractivity contribution in [3.8, 4) is 11.5 Å². The molecule has 5 atom stereocenters. The number of hydrogen-bond donors (Lipinski definition) is 3. The number of hydrogen-bond acceptors (Lipinski definition) is 11. The summed E-state index contributed by atoms with van der Waals surface area (Å²) in [5.74, 6) is 0.616. The molecule has 1 saturated heterocycles. The van der Waals surface area contributed by atoms with Crippen molar-refractivity contribution >= 4 is 51.4 Å². The van der Waals surface area contributed by atoms with E-state index >= 15 is 0 Å². The van der Waals surface area contributed by atoms with Crippen molar-refractivity contribution in [2.24, 2.45) is 5.92 Å². The highest BCUT2D eigenvalue weighted by atomic mass is 32.2. The van der Waals surface area contributed by atoms with Crippen LogP contribution >= 0.6 is 20.0 Å². The predicted octanol–water partition coefficient (Wildman–Crippen LogP) is 7.51. The van der Waals surface area contributed by atoms with Gasteiger partial charge in [-0.3, -0.25) is 29.0 Å². The van der Waals surface area contributed by atoms with Gasteiger partial charge >= 0.3 is 8.25 Å². The van der Waals surface area contributed by atoms with Crippen molar-refractivity contribution in [1.29, 1.82) is 0 Å². The quantitative estimate of drug-likeness (QED) is 0.0538. The highest BCUT2D eigenvalue weighted by Gasteiger charge is 2.53. The molecule has 310 valence electrons. The van der Waals surface area contributed by atoms with Gasteiger partial charge in [0.1, 0.15) is 28.6 Å². The van der Waals surface area contributed by atoms with Crippen LogP contribution in [-0.2, 0) is 28.6 Å². The summed E-state index contributed by atoms with van der Waals surface area (Å²) in [5.41, 5.74) is 0.996. The third-order valence-corrected chi connectivity index (χ3v) is 17.3. The topological polar surface area (TPSA) is 176 Å². The summed E-state index contributed by atoms with van der Waals surface area (Å²) >= 11 is 1.42. The van der Waals surface area contributed by atoms with E-state index in [2.05, 4.69) is 54.1 Å². The zero-order valence-corrected chi connectivity index (χ0v) is 37.0. The lowest BCUT2D eigenvalue weighted by atomic mass is 9.80. The fourth-order valence-electron chi connectivity index (χ4n) is 6.68. The number of aromatic amines is 1. The number of carbonyl (C=O) groups excluding carboxylic acids is 1. The van der Waals surface area contributed by atoms with Gasteiger partial charge < -0.3 is 28.1 Å². The van der Waals surface area contributed by atoms with Gasteiger partial charge in [-0.2, -0.15) is 4.98 Å². The number of fused-ring (bicyclic) bond motifs is 1. The molecule has 3 heterocycles. The van der Waals surface area contributed by atoms with E-state index in [-0.39, 0.29) is 40.6 Å². The number of aromatic nitrogens is 4. The van der Waals surface area contributed by atoms with Crippen molar-refractivity contribution < 1.29 is 37.4 Å². The lowest BCUT2D eigenvalue weighted by molar-refractivity contribution is -0.118. The second-order valence-electron chi connectivity index (χ2n) is 16.0. The monoisotopic (exact) mass is 849 g/mol. The zero-order chi connectivity index (χ0) is 42.0. The lowest BCUT2D eigenvalue weighted by Crippen LogP contribution is -2.50. The number of rotatable bonds is 15. The smallest absolute Gasteiger partial charge is 0.317 e. The second kappa shape index (κ2) is 17.5. The van der Waals surface area contributed by atoms with Crippen LogP contribution in [0.25, 0.3) is 11.2 Å². The van der Waals surface area contributed by atoms with Crippen LogP contribution in [0.15, 0.2) is 90.0 Å². The first-order valence-electron chi connectivity index (χ1n) is 19.0. The molecule has 0 radical (unpaired) electrons. The molecule has 3 aromatic carbocycles. The Morgan fingerprint density at radius 2 is 1.52 bits per heavy atom. The number of thioether (sulfide) groups is 1. The van der Waals surface area contributed by atoms with Gasteiger partial charge in [0.05, 0.1) is 38.5 Å². The van der Waals surface area contributed by atoms with Gasteiger partial charge in [-0.15, -0.1) is 11.8 Å². The van der Waals surface area contributed by atoms with E-state index < -0.39 is 50.6 Å². The van der Waals surface area contributed by atoms with Gasteiger partial charge in [-0.1, -0.05) is 89.2 Å². The number of imidazole rings is 1. The van der Waals surface area contributed by atoms with Crippen LogP contribution < -0.4 is 20.3 Å². The Morgan fingerprint density at radius 1 is 0.948 bits per heavy atom. The normalized spacial score (nSPS) is 19.4. The number of benzene rings is 3. The molecule has 14 nitrogen and oxygen atoms in total. The average Bonchev–Trinajstić information content (AvgIpc) is 3.76. The number of H-pyrrole nitrogens is 1. The number of carbonyl (C=O) groups is 1. The Hall–Kier alpha value is -4.28. The van der Waals surface area contributed by atoms with Crippen LogP contribution in [0.3, 0.4) is 0 Å². The molecule has 1 fully saturated rings.